The summed E-state index contributed by atoms with van der Waals surface area (Å²) in [6.45, 7) is 9.49. The van der Waals surface area contributed by atoms with Gasteiger partial charge in [0.2, 0.25) is 0 Å². The third-order valence-corrected chi connectivity index (χ3v) is 5.47. The first kappa shape index (κ1) is 17.4. The first-order chi connectivity index (χ1) is 12.7. The van der Waals surface area contributed by atoms with Gasteiger partial charge in [0.15, 0.2) is 5.82 Å². The van der Waals surface area contributed by atoms with Crippen LogP contribution in [0.3, 0.4) is 0 Å². The van der Waals surface area contributed by atoms with Gasteiger partial charge in [0, 0.05) is 38.5 Å². The fourth-order valence-electron chi connectivity index (χ4n) is 3.79. The average molecular weight is 357 g/mol. The summed E-state index contributed by atoms with van der Waals surface area (Å²) >= 11 is 0. The number of aryl methyl sites for hydroxylation is 1. The number of hydrogen-bond donors (Lipinski definition) is 0. The van der Waals surface area contributed by atoms with Crippen molar-refractivity contribution in [3.63, 3.8) is 0 Å². The van der Waals surface area contributed by atoms with E-state index in [0.717, 1.165) is 61.9 Å². The summed E-state index contributed by atoms with van der Waals surface area (Å²) in [5.41, 5.74) is 0.982. The smallest absolute Gasteiger partial charge is 0.171 e. The Bertz CT molecular complexity index is 724. The van der Waals surface area contributed by atoms with E-state index in [1.165, 1.54) is 12.8 Å². The maximum absolute atomic E-state index is 5.84. The van der Waals surface area contributed by atoms with Crippen molar-refractivity contribution in [2.75, 3.05) is 26.3 Å². The second kappa shape index (κ2) is 7.72. The summed E-state index contributed by atoms with van der Waals surface area (Å²) in [6, 6.07) is 4.17. The molecule has 0 N–H and O–H groups in total. The zero-order valence-corrected chi connectivity index (χ0v) is 15.6. The molecule has 1 atom stereocenters. The van der Waals surface area contributed by atoms with E-state index < -0.39 is 0 Å². The van der Waals surface area contributed by atoms with Gasteiger partial charge in [0.25, 0.3) is 0 Å². The molecule has 2 aromatic rings. The lowest BCUT2D eigenvalue weighted by molar-refractivity contribution is 0.0408. The standard InChI is InChI=1S/C19H27N5O2/c1-14-3-4-17(11-20-14)26-13-18-21-22-19-15(2)23(7-8-24(18)19)12-16-5-9-25-10-6-16/h3-4,11,15-16H,5-10,12-13H2,1-2H3/t15-/m1/s1. The lowest BCUT2D eigenvalue weighted by Gasteiger charge is -2.37. The van der Waals surface area contributed by atoms with Gasteiger partial charge in [-0.05, 0) is 44.7 Å². The number of rotatable bonds is 5. The average Bonchev–Trinajstić information content (AvgIpc) is 3.08. The molecule has 0 amide bonds. The fraction of sp³-hybridized carbons (Fsp3) is 0.632. The molecule has 0 saturated carbocycles. The molecule has 0 spiro atoms. The molecule has 4 rings (SSSR count). The van der Waals surface area contributed by atoms with E-state index in [4.69, 9.17) is 9.47 Å². The minimum atomic E-state index is 0.286. The molecule has 2 aliphatic heterocycles. The van der Waals surface area contributed by atoms with Crippen LogP contribution in [0.4, 0.5) is 0 Å². The van der Waals surface area contributed by atoms with Gasteiger partial charge >= 0.3 is 0 Å². The Balaban J connectivity index is 1.39. The minimum absolute atomic E-state index is 0.286. The van der Waals surface area contributed by atoms with E-state index >= 15 is 0 Å². The Morgan fingerprint density at radius 1 is 1.19 bits per heavy atom. The Hall–Kier alpha value is -1.99. The zero-order chi connectivity index (χ0) is 17.9. The molecule has 2 aliphatic rings. The molecule has 7 nitrogen and oxygen atoms in total. The fourth-order valence-corrected chi connectivity index (χ4v) is 3.79. The molecule has 0 aromatic carbocycles. The van der Waals surface area contributed by atoms with Gasteiger partial charge in [-0.15, -0.1) is 10.2 Å². The van der Waals surface area contributed by atoms with Gasteiger partial charge in [-0.25, -0.2) is 0 Å². The molecule has 26 heavy (non-hydrogen) atoms. The third kappa shape index (κ3) is 3.73. The minimum Gasteiger partial charge on any atom is -0.484 e. The van der Waals surface area contributed by atoms with Gasteiger partial charge in [0.05, 0.1) is 12.2 Å². The van der Waals surface area contributed by atoms with Crippen molar-refractivity contribution in [2.24, 2.45) is 5.92 Å². The number of nitrogens with zero attached hydrogens (tertiary/aromatic N) is 5. The van der Waals surface area contributed by atoms with E-state index in [-0.39, 0.29) is 6.04 Å². The van der Waals surface area contributed by atoms with E-state index in [1.54, 1.807) is 6.20 Å². The van der Waals surface area contributed by atoms with Crippen molar-refractivity contribution in [3.05, 3.63) is 35.7 Å². The maximum Gasteiger partial charge on any atom is 0.171 e. The van der Waals surface area contributed by atoms with Crippen LogP contribution in [0.1, 0.15) is 43.1 Å². The van der Waals surface area contributed by atoms with Crippen LogP contribution in [-0.2, 0) is 17.9 Å². The molecular weight excluding hydrogens is 330 g/mol. The van der Waals surface area contributed by atoms with E-state index in [1.807, 2.05) is 19.1 Å². The summed E-state index contributed by atoms with van der Waals surface area (Å²) in [5.74, 6) is 3.43. The van der Waals surface area contributed by atoms with Crippen LogP contribution >= 0.6 is 0 Å². The predicted octanol–water partition coefficient (Wildman–Crippen LogP) is 2.36. The number of fused-ring (bicyclic) bond motifs is 1. The van der Waals surface area contributed by atoms with Crippen LogP contribution in [0.5, 0.6) is 5.75 Å². The van der Waals surface area contributed by atoms with Crippen molar-refractivity contribution in [3.8, 4) is 5.75 Å². The maximum atomic E-state index is 5.84. The van der Waals surface area contributed by atoms with Crippen molar-refractivity contribution in [2.45, 2.75) is 45.9 Å². The summed E-state index contributed by atoms with van der Waals surface area (Å²) in [5, 5.41) is 8.84. The van der Waals surface area contributed by atoms with Crippen molar-refractivity contribution in [1.82, 2.24) is 24.6 Å². The largest absolute Gasteiger partial charge is 0.484 e. The molecule has 140 valence electrons. The van der Waals surface area contributed by atoms with E-state index in [9.17, 15) is 0 Å². The van der Waals surface area contributed by atoms with Crippen molar-refractivity contribution >= 4 is 0 Å². The topological polar surface area (TPSA) is 65.3 Å². The highest BCUT2D eigenvalue weighted by Gasteiger charge is 2.30. The summed E-state index contributed by atoms with van der Waals surface area (Å²) < 4.78 is 13.5. The quantitative estimate of drug-likeness (QED) is 0.818. The Kier molecular flexibility index (Phi) is 5.17. The lowest BCUT2D eigenvalue weighted by atomic mass is 9.98. The highest BCUT2D eigenvalue weighted by Crippen LogP contribution is 2.27. The second-order valence-corrected chi connectivity index (χ2v) is 7.28. The van der Waals surface area contributed by atoms with E-state index in [0.29, 0.717) is 6.61 Å². The summed E-state index contributed by atoms with van der Waals surface area (Å²) in [6.07, 6.45) is 4.08. The molecule has 0 bridgehead atoms. The molecule has 1 fully saturated rings. The van der Waals surface area contributed by atoms with Crippen molar-refractivity contribution < 1.29 is 9.47 Å². The van der Waals surface area contributed by atoms with Crippen molar-refractivity contribution in [1.29, 1.82) is 0 Å². The van der Waals surface area contributed by atoms with Gasteiger partial charge in [-0.1, -0.05) is 0 Å². The predicted molar refractivity (Wildman–Crippen MR) is 96.9 cm³/mol. The number of hydrogen-bond acceptors (Lipinski definition) is 6. The van der Waals surface area contributed by atoms with Crippen LogP contribution in [0.25, 0.3) is 0 Å². The highest BCUT2D eigenvalue weighted by atomic mass is 16.5. The molecule has 2 aromatic heterocycles. The second-order valence-electron chi connectivity index (χ2n) is 7.28. The van der Waals surface area contributed by atoms with Crippen LogP contribution in [0.2, 0.25) is 0 Å². The lowest BCUT2D eigenvalue weighted by Crippen LogP contribution is -2.41. The monoisotopic (exact) mass is 357 g/mol. The SMILES string of the molecule is Cc1ccc(OCc2nnc3n2CCN(CC2CCOCC2)[C@@H]3C)cn1. The summed E-state index contributed by atoms with van der Waals surface area (Å²) in [7, 11) is 0. The normalized spacial score (nSPS) is 21.5. The third-order valence-electron chi connectivity index (χ3n) is 5.47. The molecular formula is C19H27N5O2. The number of aromatic nitrogens is 4. The molecule has 0 aliphatic carbocycles. The van der Waals surface area contributed by atoms with Crippen LogP contribution in [-0.4, -0.2) is 51.0 Å². The zero-order valence-electron chi connectivity index (χ0n) is 15.6. The van der Waals surface area contributed by atoms with Gasteiger partial charge in [0.1, 0.15) is 18.2 Å². The molecule has 1 saturated heterocycles. The first-order valence-corrected chi connectivity index (χ1v) is 9.50. The molecule has 0 radical (unpaired) electrons. The Labute approximate surface area is 154 Å². The molecule has 7 heteroatoms. The van der Waals surface area contributed by atoms with Gasteiger partial charge < -0.3 is 14.0 Å². The van der Waals surface area contributed by atoms with Gasteiger partial charge in [-0.3, -0.25) is 9.88 Å². The van der Waals surface area contributed by atoms with Crippen LogP contribution in [0.15, 0.2) is 18.3 Å². The number of pyridine rings is 1. The van der Waals surface area contributed by atoms with E-state index in [2.05, 4.69) is 31.6 Å². The molecule has 0 unspecified atom stereocenters. The molecule has 4 heterocycles. The Morgan fingerprint density at radius 2 is 2.04 bits per heavy atom. The van der Waals surface area contributed by atoms with Crippen LogP contribution < -0.4 is 4.74 Å². The summed E-state index contributed by atoms with van der Waals surface area (Å²) in [4.78, 5) is 6.80. The highest BCUT2D eigenvalue weighted by molar-refractivity contribution is 5.19. The number of ether oxygens (including phenoxy) is 2. The Morgan fingerprint density at radius 3 is 2.81 bits per heavy atom. The van der Waals surface area contributed by atoms with Gasteiger partial charge in [-0.2, -0.15) is 0 Å². The first-order valence-electron chi connectivity index (χ1n) is 9.50. The van der Waals surface area contributed by atoms with Crippen LogP contribution in [0, 0.1) is 12.8 Å².